The minimum Gasteiger partial charge on any atom is -0.492 e. The van der Waals surface area contributed by atoms with E-state index in [1.807, 2.05) is 37.4 Å². The molecule has 0 saturated heterocycles. The highest BCUT2D eigenvalue weighted by molar-refractivity contribution is 7.85. The van der Waals surface area contributed by atoms with Gasteiger partial charge >= 0.3 is 5.97 Å². The first-order valence-corrected chi connectivity index (χ1v) is 9.79. The van der Waals surface area contributed by atoms with Gasteiger partial charge in [-0.2, -0.15) is 0 Å². The summed E-state index contributed by atoms with van der Waals surface area (Å²) in [5.74, 6) is 0.0243. The summed E-state index contributed by atoms with van der Waals surface area (Å²) in [7, 11) is 1.30. The van der Waals surface area contributed by atoms with Crippen molar-refractivity contribution < 1.29 is 14.6 Å². The number of anilines is 1. The van der Waals surface area contributed by atoms with E-state index in [1.54, 1.807) is 0 Å². The number of ether oxygens (including phenoxy) is 1. The van der Waals surface area contributed by atoms with Gasteiger partial charge in [0.05, 0.1) is 13.1 Å². The molecule has 0 aliphatic carbocycles. The highest BCUT2D eigenvalue weighted by Gasteiger charge is 2.36. The Balaban J connectivity index is 1.59. The third-order valence-corrected chi connectivity index (χ3v) is 6.33. The van der Waals surface area contributed by atoms with E-state index in [-0.39, 0.29) is 6.42 Å². The molecule has 1 aliphatic rings. The molecule has 3 rings (SSSR count). The number of likely N-dealkylation sites (N-methyl/N-ethyl adjacent to an activating group) is 1. The number of benzene rings is 2. The van der Waals surface area contributed by atoms with Gasteiger partial charge in [-0.1, -0.05) is 23.7 Å². The molecule has 0 radical (unpaired) electrons. The summed E-state index contributed by atoms with van der Waals surface area (Å²) in [6.07, 6.45) is 0.695. The van der Waals surface area contributed by atoms with Crippen LogP contribution in [0.25, 0.3) is 0 Å². The van der Waals surface area contributed by atoms with Crippen LogP contribution >= 0.6 is 19.7 Å². The van der Waals surface area contributed by atoms with Crippen molar-refractivity contribution in [3.05, 3.63) is 47.0 Å². The molecule has 0 aromatic heterocycles. The smallest absolute Gasteiger partial charge is 0.303 e. The zero-order valence-corrected chi connectivity index (χ0v) is 15.5. The van der Waals surface area contributed by atoms with Gasteiger partial charge in [-0.3, -0.25) is 4.79 Å². The van der Waals surface area contributed by atoms with Crippen LogP contribution in [0.2, 0.25) is 5.02 Å². The molecule has 3 N–H and O–H groups in total. The summed E-state index contributed by atoms with van der Waals surface area (Å²) in [6, 6.07) is 11.8. The Bertz CT molecular complexity index is 768. The largest absolute Gasteiger partial charge is 0.492 e. The number of nitrogens with one attached hydrogen (secondary N) is 2. The van der Waals surface area contributed by atoms with Gasteiger partial charge in [-0.05, 0) is 43.3 Å². The molecule has 1 atom stereocenters. The fourth-order valence-corrected chi connectivity index (χ4v) is 4.90. The Morgan fingerprint density at radius 1 is 1.28 bits per heavy atom. The summed E-state index contributed by atoms with van der Waals surface area (Å²) < 4.78 is 5.69. The molecule has 25 heavy (non-hydrogen) atoms. The first-order chi connectivity index (χ1) is 12.1. The molecule has 0 saturated carbocycles. The maximum absolute atomic E-state index is 10.6. The van der Waals surface area contributed by atoms with Crippen molar-refractivity contribution in [2.75, 3.05) is 25.3 Å². The van der Waals surface area contributed by atoms with Gasteiger partial charge in [0.1, 0.15) is 12.4 Å². The predicted octanol–water partition coefficient (Wildman–Crippen LogP) is 2.73. The van der Waals surface area contributed by atoms with Gasteiger partial charge in [0.2, 0.25) is 0 Å². The number of aliphatic carboxylic acids is 1. The maximum Gasteiger partial charge on any atom is 0.303 e. The van der Waals surface area contributed by atoms with Crippen LogP contribution in [0.15, 0.2) is 36.4 Å². The van der Waals surface area contributed by atoms with E-state index in [0.29, 0.717) is 13.0 Å². The average molecular weight is 379 g/mol. The number of fused-ring (bicyclic) bond motifs is 1. The molecule has 2 aromatic rings. The standard InChI is InChI=1S/C18H20ClN2O3P/c1-20-8-9-24-14-10-15(19)18-16(11-14)25(18)21-13-5-2-12(3-6-13)4-7-17(22)23/h2-3,5-6,10-11,20-21H,4,7-9H2,1H3,(H,22,23). The second kappa shape index (κ2) is 8.05. The normalized spacial score (nSPS) is 14.7. The van der Waals surface area contributed by atoms with Crippen molar-refractivity contribution in [1.29, 1.82) is 0 Å². The summed E-state index contributed by atoms with van der Waals surface area (Å²) in [5.41, 5.74) is 2.03. The molecule has 0 amide bonds. The first-order valence-electron chi connectivity index (χ1n) is 8.07. The molecular formula is C18H20ClN2O3P. The summed E-state index contributed by atoms with van der Waals surface area (Å²) in [4.78, 5) is 10.6. The highest BCUT2D eigenvalue weighted by atomic mass is 35.5. The molecule has 0 fully saturated rings. The fraction of sp³-hybridized carbons (Fsp3) is 0.278. The van der Waals surface area contributed by atoms with Gasteiger partial charge in [-0.15, -0.1) is 0 Å². The molecule has 132 valence electrons. The van der Waals surface area contributed by atoms with Crippen LogP contribution in [0.1, 0.15) is 12.0 Å². The molecule has 2 aromatic carbocycles. The Labute approximate surface area is 153 Å². The number of hydrogen-bond donors (Lipinski definition) is 3. The molecule has 0 spiro atoms. The lowest BCUT2D eigenvalue weighted by atomic mass is 10.1. The molecule has 5 nitrogen and oxygen atoms in total. The zero-order chi connectivity index (χ0) is 17.8. The average Bonchev–Trinajstić information content (AvgIpc) is 3.27. The van der Waals surface area contributed by atoms with Crippen LogP contribution in [-0.2, 0) is 11.2 Å². The minimum absolute atomic E-state index is 0.150. The fourth-order valence-electron chi connectivity index (χ4n) is 2.51. The molecule has 1 aliphatic heterocycles. The van der Waals surface area contributed by atoms with Gasteiger partial charge in [0.25, 0.3) is 0 Å². The molecule has 1 unspecified atom stereocenters. The van der Waals surface area contributed by atoms with Gasteiger partial charge in [-0.25, -0.2) is 0 Å². The van der Waals surface area contributed by atoms with Crippen LogP contribution in [0.4, 0.5) is 5.69 Å². The van der Waals surface area contributed by atoms with Gasteiger partial charge in [0, 0.05) is 29.3 Å². The van der Waals surface area contributed by atoms with Crippen LogP contribution < -0.4 is 25.8 Å². The van der Waals surface area contributed by atoms with E-state index >= 15 is 0 Å². The minimum atomic E-state index is -0.776. The number of carboxylic acids is 1. The predicted molar refractivity (Wildman–Crippen MR) is 103 cm³/mol. The van der Waals surface area contributed by atoms with Crippen molar-refractivity contribution in [1.82, 2.24) is 5.32 Å². The summed E-state index contributed by atoms with van der Waals surface area (Å²) in [6.45, 7) is 1.39. The zero-order valence-electron chi connectivity index (χ0n) is 13.9. The second-order valence-electron chi connectivity index (χ2n) is 5.76. The molecule has 1 heterocycles. The lowest BCUT2D eigenvalue weighted by molar-refractivity contribution is -0.136. The van der Waals surface area contributed by atoms with Gasteiger partial charge < -0.3 is 20.2 Å². The number of carbonyl (C=O) groups is 1. The Morgan fingerprint density at radius 3 is 2.72 bits per heavy atom. The van der Waals surface area contributed by atoms with E-state index in [1.165, 1.54) is 10.6 Å². The summed E-state index contributed by atoms with van der Waals surface area (Å²) >= 11 is 6.36. The number of rotatable bonds is 9. The third-order valence-electron chi connectivity index (χ3n) is 3.87. The van der Waals surface area contributed by atoms with Crippen LogP contribution in [0, 0.1) is 0 Å². The topological polar surface area (TPSA) is 70.6 Å². The second-order valence-corrected chi connectivity index (χ2v) is 7.99. The number of hydrogen-bond acceptors (Lipinski definition) is 4. The lowest BCUT2D eigenvalue weighted by Crippen LogP contribution is -2.16. The van der Waals surface area contributed by atoms with Crippen LogP contribution in [0.3, 0.4) is 0 Å². The maximum atomic E-state index is 10.6. The first kappa shape index (κ1) is 18.0. The summed E-state index contributed by atoms with van der Waals surface area (Å²) in [5, 5.41) is 18.4. The number of halogens is 1. The molecular weight excluding hydrogens is 359 g/mol. The third kappa shape index (κ3) is 4.63. The van der Waals surface area contributed by atoms with E-state index in [2.05, 4.69) is 16.5 Å². The Hall–Kier alpha value is -1.81. The van der Waals surface area contributed by atoms with E-state index < -0.39 is 14.0 Å². The monoisotopic (exact) mass is 378 g/mol. The SMILES string of the molecule is CNCCOc1cc(Cl)c2c(c1)P2Nc1ccc(CCC(=O)O)cc1. The van der Waals surface area contributed by atoms with Crippen LogP contribution in [-0.4, -0.2) is 31.3 Å². The Morgan fingerprint density at radius 2 is 2.04 bits per heavy atom. The highest BCUT2D eigenvalue weighted by Crippen LogP contribution is 2.49. The van der Waals surface area contributed by atoms with Crippen LogP contribution in [0.5, 0.6) is 5.75 Å². The lowest BCUT2D eigenvalue weighted by Gasteiger charge is -2.06. The van der Waals surface area contributed by atoms with E-state index in [0.717, 1.165) is 28.6 Å². The van der Waals surface area contributed by atoms with Crippen molar-refractivity contribution in [3.8, 4) is 5.75 Å². The van der Waals surface area contributed by atoms with Crippen molar-refractivity contribution in [2.24, 2.45) is 0 Å². The Kier molecular flexibility index (Phi) is 5.79. The van der Waals surface area contributed by atoms with E-state index in [9.17, 15) is 4.79 Å². The molecule has 7 heteroatoms. The van der Waals surface area contributed by atoms with Crippen molar-refractivity contribution in [2.45, 2.75) is 12.8 Å². The quantitative estimate of drug-likeness (QED) is 0.462. The van der Waals surface area contributed by atoms with Crippen molar-refractivity contribution in [3.63, 3.8) is 0 Å². The number of carboxylic acid groups (broad SMARTS) is 1. The number of aryl methyl sites for hydroxylation is 1. The van der Waals surface area contributed by atoms with E-state index in [4.69, 9.17) is 21.4 Å². The van der Waals surface area contributed by atoms with Crippen molar-refractivity contribution >= 4 is 41.9 Å². The molecule has 0 bridgehead atoms. The van der Waals surface area contributed by atoms with Gasteiger partial charge in [0.15, 0.2) is 0 Å².